The molecule has 4 N–H and O–H groups in total. The number of carbonyl (C=O) groups excluding carboxylic acids is 3. The van der Waals surface area contributed by atoms with Crippen molar-refractivity contribution in [2.45, 2.75) is 81.4 Å². The van der Waals surface area contributed by atoms with Crippen LogP contribution in [0.1, 0.15) is 56.0 Å². The number of hydrogen-bond donors (Lipinski definition) is 4. The summed E-state index contributed by atoms with van der Waals surface area (Å²) in [5, 5.41) is 7.38. The Morgan fingerprint density at radius 2 is 1.51 bits per heavy atom. The van der Waals surface area contributed by atoms with Crippen molar-refractivity contribution in [2.24, 2.45) is 0 Å². The van der Waals surface area contributed by atoms with Crippen molar-refractivity contribution >= 4 is 45.3 Å². The Bertz CT molecular complexity index is 2210. The zero-order valence-electron chi connectivity index (χ0n) is 29.9. The molecule has 0 bridgehead atoms. The highest BCUT2D eigenvalue weighted by Crippen LogP contribution is 2.36. The van der Waals surface area contributed by atoms with Gasteiger partial charge in [-0.25, -0.2) is 22.9 Å². The van der Waals surface area contributed by atoms with Gasteiger partial charge < -0.3 is 15.4 Å². The van der Waals surface area contributed by atoms with Gasteiger partial charge in [-0.1, -0.05) is 72.3 Å². The second kappa shape index (κ2) is 16.2. The normalized spacial score (nSPS) is 17.1. The Morgan fingerprint density at radius 3 is 2.07 bits per heavy atom. The summed E-state index contributed by atoms with van der Waals surface area (Å²) < 4.78 is 74.6. The molecule has 1 heterocycles. The highest BCUT2D eigenvalue weighted by atomic mass is 35.5. The Morgan fingerprint density at radius 1 is 0.927 bits per heavy atom. The summed E-state index contributed by atoms with van der Waals surface area (Å²) in [6.45, 7) is 4.56. The average molecular weight is 803 g/mol. The first kappa shape index (κ1) is 40.9. The lowest BCUT2D eigenvalue weighted by Gasteiger charge is -2.46. The van der Waals surface area contributed by atoms with Crippen molar-refractivity contribution in [2.75, 3.05) is 5.32 Å². The van der Waals surface area contributed by atoms with Gasteiger partial charge in [0.2, 0.25) is 11.7 Å². The third-order valence-corrected chi connectivity index (χ3v) is 10.1. The van der Waals surface area contributed by atoms with E-state index in [-0.39, 0.29) is 36.7 Å². The fraction of sp³-hybridized carbons (Fsp3) is 0.324. The second-order valence-corrected chi connectivity index (χ2v) is 16.0. The molecule has 0 spiro atoms. The summed E-state index contributed by atoms with van der Waals surface area (Å²) in [7, 11) is -4.72. The lowest BCUT2D eigenvalue weighted by molar-refractivity contribution is -0.145. The highest BCUT2D eigenvalue weighted by molar-refractivity contribution is 7.90. The van der Waals surface area contributed by atoms with Crippen LogP contribution in [-0.2, 0) is 50.1 Å². The number of ether oxygens (including phenoxy) is 1. The second-order valence-electron chi connectivity index (χ2n) is 14.0. The van der Waals surface area contributed by atoms with Crippen molar-refractivity contribution in [3.8, 4) is 0 Å². The molecule has 1 fully saturated rings. The van der Waals surface area contributed by atoms with Crippen molar-refractivity contribution in [3.05, 3.63) is 123 Å². The maximum atomic E-state index is 13.9. The van der Waals surface area contributed by atoms with Crippen molar-refractivity contribution in [3.63, 3.8) is 0 Å². The van der Waals surface area contributed by atoms with Crippen LogP contribution in [0.15, 0.2) is 94.6 Å². The summed E-state index contributed by atoms with van der Waals surface area (Å²) in [6.07, 6.45) is -5.69. The number of amides is 4. The Balaban J connectivity index is 1.43. The summed E-state index contributed by atoms with van der Waals surface area (Å²) >= 11 is 6.56. The monoisotopic (exact) mass is 802 g/mol. The number of rotatable bonds is 12. The minimum atomic E-state index is -4.72. The van der Waals surface area contributed by atoms with Gasteiger partial charge in [-0.3, -0.25) is 24.3 Å². The first-order chi connectivity index (χ1) is 25.7. The molecule has 1 aromatic heterocycles. The third-order valence-electron chi connectivity index (χ3n) is 8.47. The van der Waals surface area contributed by atoms with Crippen molar-refractivity contribution in [1.29, 1.82) is 0 Å². The summed E-state index contributed by atoms with van der Waals surface area (Å²) in [6, 6.07) is 19.7. The van der Waals surface area contributed by atoms with E-state index in [9.17, 15) is 40.8 Å². The number of halogens is 4. The molecule has 13 nitrogen and oxygen atoms in total. The van der Waals surface area contributed by atoms with E-state index < -0.39 is 79.6 Å². The maximum Gasteiger partial charge on any atom is 0.416 e. The molecule has 0 aliphatic heterocycles. The van der Waals surface area contributed by atoms with E-state index in [2.05, 4.69) is 20.9 Å². The first-order valence-corrected chi connectivity index (χ1v) is 18.7. The van der Waals surface area contributed by atoms with Gasteiger partial charge in [-0.2, -0.15) is 13.2 Å². The molecule has 3 aromatic carbocycles. The molecular formula is C37H38ClF3N6O7S. The molecule has 1 aliphatic rings. The van der Waals surface area contributed by atoms with E-state index in [0.29, 0.717) is 29.8 Å². The quantitative estimate of drug-likeness (QED) is 0.152. The number of anilines is 1. The van der Waals surface area contributed by atoms with E-state index in [1.54, 1.807) is 63.2 Å². The largest absolute Gasteiger partial charge is 0.416 e. The molecular weight excluding hydrogens is 765 g/mol. The smallest absolute Gasteiger partial charge is 0.373 e. The van der Waals surface area contributed by atoms with Crippen molar-refractivity contribution < 1.29 is 40.7 Å². The zero-order valence-corrected chi connectivity index (χ0v) is 31.4. The van der Waals surface area contributed by atoms with E-state index >= 15 is 0 Å². The van der Waals surface area contributed by atoms with Crippen LogP contribution >= 0.6 is 11.6 Å². The Hall–Kier alpha value is -5.26. The minimum Gasteiger partial charge on any atom is -0.373 e. The summed E-state index contributed by atoms with van der Waals surface area (Å²) in [4.78, 5) is 57.6. The van der Waals surface area contributed by atoms with Crippen LogP contribution in [0.3, 0.4) is 0 Å². The molecule has 4 amide bonds. The number of alkyl halides is 3. The van der Waals surface area contributed by atoms with Crippen LogP contribution in [0.25, 0.3) is 0 Å². The Kier molecular flexibility index (Phi) is 12.1. The van der Waals surface area contributed by atoms with Crippen LogP contribution in [0.5, 0.6) is 0 Å². The lowest BCUT2D eigenvalue weighted by atomic mass is 9.73. The minimum absolute atomic E-state index is 0.0378. The van der Waals surface area contributed by atoms with E-state index in [1.807, 2.05) is 22.9 Å². The van der Waals surface area contributed by atoms with E-state index in [1.165, 1.54) is 0 Å². The van der Waals surface area contributed by atoms with Crippen LogP contribution in [0.2, 0.25) is 5.15 Å². The number of nitrogens with one attached hydrogen (secondary N) is 4. The zero-order chi connectivity index (χ0) is 40.2. The van der Waals surface area contributed by atoms with Crippen molar-refractivity contribution in [1.82, 2.24) is 24.9 Å². The Labute approximate surface area is 319 Å². The van der Waals surface area contributed by atoms with Gasteiger partial charge in [0.25, 0.3) is 21.5 Å². The molecule has 1 aliphatic carbocycles. The molecule has 18 heteroatoms. The van der Waals surface area contributed by atoms with E-state index in [0.717, 1.165) is 10.1 Å². The molecule has 292 valence electrons. The number of aromatic nitrogens is 2. The lowest BCUT2D eigenvalue weighted by Crippen LogP contribution is -2.68. The van der Waals surface area contributed by atoms with Gasteiger partial charge in [0.15, 0.2) is 5.15 Å². The number of urea groups is 1. The molecule has 5 rings (SSSR count). The first-order valence-electron chi connectivity index (χ1n) is 16.9. The summed E-state index contributed by atoms with van der Waals surface area (Å²) in [5.74, 6) is -2.57. The topological polar surface area (TPSA) is 178 Å². The van der Waals surface area contributed by atoms with Gasteiger partial charge >= 0.3 is 12.2 Å². The summed E-state index contributed by atoms with van der Waals surface area (Å²) in [5.41, 5.74) is -2.92. The number of sulfonamides is 1. The van der Waals surface area contributed by atoms with Crippen LogP contribution in [-0.4, -0.2) is 53.0 Å². The predicted octanol–water partition coefficient (Wildman–Crippen LogP) is 5.17. The number of nitrogens with zero attached hydrogens (tertiary/aromatic N) is 2. The predicted molar refractivity (Wildman–Crippen MR) is 197 cm³/mol. The molecule has 4 aromatic rings. The van der Waals surface area contributed by atoms with Gasteiger partial charge in [0.05, 0.1) is 28.9 Å². The van der Waals surface area contributed by atoms with Crippen LogP contribution in [0.4, 0.5) is 23.8 Å². The number of hydrogen-bond acceptors (Lipinski definition) is 8. The number of benzene rings is 3. The van der Waals surface area contributed by atoms with Gasteiger partial charge in [-0.15, -0.1) is 0 Å². The van der Waals surface area contributed by atoms with E-state index in [4.69, 9.17) is 16.3 Å². The maximum absolute atomic E-state index is 13.9. The SMILES string of the molecule is CC(C)(C)NC(=O)Nc1nc(Cl)c(Cc2ccccc2)n(CC(=O)NC2(C(=O)NS(=O)(=O)c3ccc(C(F)(F)F)cc3)CC(OCc3ccccc3)C2)c1=O. The third kappa shape index (κ3) is 10.5. The van der Waals surface area contributed by atoms with Gasteiger partial charge in [0, 0.05) is 24.8 Å². The van der Waals surface area contributed by atoms with Crippen LogP contribution in [0, 0.1) is 0 Å². The molecule has 55 heavy (non-hydrogen) atoms. The fourth-order valence-electron chi connectivity index (χ4n) is 5.78. The fourth-order valence-corrected chi connectivity index (χ4v) is 7.08. The van der Waals surface area contributed by atoms with Gasteiger partial charge in [-0.05, 0) is 56.2 Å². The van der Waals surface area contributed by atoms with Crippen LogP contribution < -0.4 is 26.2 Å². The molecule has 0 atom stereocenters. The molecule has 0 radical (unpaired) electrons. The van der Waals surface area contributed by atoms with Gasteiger partial charge in [0.1, 0.15) is 12.1 Å². The number of carbonyl (C=O) groups is 3. The average Bonchev–Trinajstić information content (AvgIpc) is 3.09. The molecule has 1 saturated carbocycles. The molecule has 0 unspecified atom stereocenters. The highest BCUT2D eigenvalue weighted by Gasteiger charge is 2.53. The standard InChI is InChI=1S/C37H38ClF3N6O7S/c1-35(2,3)45-34(51)43-31-32(49)47(28(30(38)42-31)18-23-10-6-4-7-11-23)21-29(48)44-36(19-26(20-36)54-22-24-12-8-5-9-13-24)33(50)46-55(52,53)27-16-14-25(15-17-27)37(39,40)41/h4-17,26H,18-22H2,1-3H3,(H,44,48)(H,46,50)(H2,42,43,45,51). The molecule has 0 saturated heterocycles.